The van der Waals surface area contributed by atoms with Crippen molar-refractivity contribution in [2.24, 2.45) is 0 Å². The predicted octanol–water partition coefficient (Wildman–Crippen LogP) is 7.35. The summed E-state index contributed by atoms with van der Waals surface area (Å²) in [7, 11) is 0. The minimum Gasteiger partial charge on any atom is -0.347 e. The van der Waals surface area contributed by atoms with Crippen LogP contribution in [0.25, 0.3) is 44.3 Å². The maximum atomic E-state index is 4.94. The molecule has 2 saturated heterocycles. The van der Waals surface area contributed by atoms with Crippen molar-refractivity contribution in [1.82, 2.24) is 59.3 Å². The highest BCUT2D eigenvalue weighted by molar-refractivity contribution is 5.83. The summed E-state index contributed by atoms with van der Waals surface area (Å²) in [5.41, 5.74) is 11.7. The lowest BCUT2D eigenvalue weighted by Gasteiger charge is -2.23. The molecule has 292 valence electrons. The van der Waals surface area contributed by atoms with E-state index in [-0.39, 0.29) is 10.8 Å². The number of fused-ring (bicyclic) bond motifs is 6. The van der Waals surface area contributed by atoms with Crippen molar-refractivity contribution in [3.05, 3.63) is 132 Å². The number of aromatic nitrogens is 10. The summed E-state index contributed by atoms with van der Waals surface area (Å²) >= 11 is 0. The molecule has 0 saturated carbocycles. The molecule has 58 heavy (non-hydrogen) atoms. The summed E-state index contributed by atoms with van der Waals surface area (Å²) in [6.45, 7) is 12.2. The van der Waals surface area contributed by atoms with Gasteiger partial charge in [-0.2, -0.15) is 10.2 Å². The molecule has 2 N–H and O–H groups in total. The molecule has 2 unspecified atom stereocenters. The van der Waals surface area contributed by atoms with Crippen LogP contribution in [-0.2, 0) is 37.0 Å². The quantitative estimate of drug-likeness (QED) is 0.180. The molecule has 4 aliphatic heterocycles. The highest BCUT2D eigenvalue weighted by Crippen LogP contribution is 2.45. The van der Waals surface area contributed by atoms with Crippen LogP contribution in [0.2, 0.25) is 0 Å². The van der Waals surface area contributed by atoms with Gasteiger partial charge in [-0.1, -0.05) is 36.4 Å². The fraction of sp³-hybridized carbons (Fsp3) is 0.348. The summed E-state index contributed by atoms with van der Waals surface area (Å²) in [5.74, 6) is 2.13. The lowest BCUT2D eigenvalue weighted by atomic mass is 9.82. The number of aromatic amines is 2. The summed E-state index contributed by atoms with van der Waals surface area (Å²) in [6.07, 6.45) is 12.6. The monoisotopic (exact) mass is 768 g/mol. The predicted molar refractivity (Wildman–Crippen MR) is 225 cm³/mol. The zero-order chi connectivity index (χ0) is 38.8. The first-order valence-electron chi connectivity index (χ1n) is 20.7. The minimum absolute atomic E-state index is 0.219. The van der Waals surface area contributed by atoms with Gasteiger partial charge in [0.25, 0.3) is 0 Å². The normalized spacial score (nSPS) is 21.4. The Balaban J connectivity index is 0.000000133. The van der Waals surface area contributed by atoms with Crippen molar-refractivity contribution in [1.29, 1.82) is 0 Å². The molecule has 0 aliphatic carbocycles. The number of hydrogen-bond donors (Lipinski definition) is 2. The fourth-order valence-electron chi connectivity index (χ4n) is 10.2. The molecule has 6 aromatic heterocycles. The van der Waals surface area contributed by atoms with E-state index in [1.807, 2.05) is 50.8 Å². The summed E-state index contributed by atoms with van der Waals surface area (Å²) in [5, 5.41) is 12.2. The molecule has 12 heteroatoms. The van der Waals surface area contributed by atoms with Crippen LogP contribution in [0.5, 0.6) is 0 Å². The second-order valence-corrected chi connectivity index (χ2v) is 17.1. The Bertz CT molecular complexity index is 2600. The Morgan fingerprint density at radius 3 is 1.47 bits per heavy atom. The number of nitrogens with zero attached hydrogens (tertiary/aromatic N) is 10. The number of benzene rings is 2. The van der Waals surface area contributed by atoms with Crippen LogP contribution in [0, 0.1) is 13.8 Å². The molecule has 10 heterocycles. The number of nitrogens with one attached hydrogen (secondary N) is 2. The highest BCUT2D eigenvalue weighted by atomic mass is 15.3. The first kappa shape index (κ1) is 35.2. The molecule has 0 amide bonds. The van der Waals surface area contributed by atoms with Crippen LogP contribution in [0.1, 0.15) is 60.1 Å². The molecule has 2 fully saturated rings. The average molecular weight is 769 g/mol. The molecule has 8 aromatic rings. The molecule has 12 rings (SSSR count). The lowest BCUT2D eigenvalue weighted by molar-refractivity contribution is 0.295. The highest BCUT2D eigenvalue weighted by Gasteiger charge is 2.47. The molecule has 0 radical (unpaired) electrons. The van der Waals surface area contributed by atoms with Gasteiger partial charge in [0, 0.05) is 95.1 Å². The number of likely N-dealkylation sites (tertiary alicyclic amines) is 2. The zero-order valence-corrected chi connectivity index (χ0v) is 33.2. The first-order chi connectivity index (χ1) is 28.4. The standard InChI is InChI=1S/2C23H24N6/c2*1-16-12-25-22(26-16)14-28-8-6-23(15-28)7-9-29-21(23)11-20(27-29)18-10-17-4-2-3-5-19(17)24-13-18/h2*2-5,10-13H,6-9,14-15H2,1H3,(H,25,26). The van der Waals surface area contributed by atoms with Gasteiger partial charge in [0.1, 0.15) is 11.6 Å². The van der Waals surface area contributed by atoms with Gasteiger partial charge in [-0.15, -0.1) is 0 Å². The number of para-hydroxylation sites is 2. The Hall–Kier alpha value is -5.98. The number of pyridine rings is 2. The number of H-pyrrole nitrogens is 2. The molecule has 0 bridgehead atoms. The van der Waals surface area contributed by atoms with E-state index in [2.05, 4.69) is 110 Å². The minimum atomic E-state index is 0.219. The van der Waals surface area contributed by atoms with Gasteiger partial charge in [0.05, 0.1) is 46.9 Å². The van der Waals surface area contributed by atoms with E-state index in [0.29, 0.717) is 0 Å². The summed E-state index contributed by atoms with van der Waals surface area (Å²) in [6, 6.07) is 25.5. The maximum Gasteiger partial charge on any atom is 0.120 e. The average Bonchev–Trinajstić information content (AvgIpc) is 4.11. The Morgan fingerprint density at radius 1 is 0.569 bits per heavy atom. The van der Waals surface area contributed by atoms with Gasteiger partial charge >= 0.3 is 0 Å². The zero-order valence-electron chi connectivity index (χ0n) is 33.2. The van der Waals surface area contributed by atoms with E-state index in [4.69, 9.17) is 10.2 Å². The number of imidazole rings is 2. The van der Waals surface area contributed by atoms with E-state index in [9.17, 15) is 0 Å². The molecule has 2 atom stereocenters. The van der Waals surface area contributed by atoms with Crippen molar-refractivity contribution in [3.63, 3.8) is 0 Å². The molecule has 4 aliphatic rings. The van der Waals surface area contributed by atoms with Crippen LogP contribution in [-0.4, -0.2) is 85.4 Å². The summed E-state index contributed by atoms with van der Waals surface area (Å²) in [4.78, 5) is 30.0. The van der Waals surface area contributed by atoms with Gasteiger partial charge in [-0.3, -0.25) is 29.1 Å². The van der Waals surface area contributed by atoms with Gasteiger partial charge in [-0.05, 0) is 89.0 Å². The van der Waals surface area contributed by atoms with E-state index in [0.717, 1.165) is 120 Å². The largest absolute Gasteiger partial charge is 0.347 e. The third-order valence-corrected chi connectivity index (χ3v) is 13.2. The van der Waals surface area contributed by atoms with E-state index < -0.39 is 0 Å². The fourth-order valence-corrected chi connectivity index (χ4v) is 10.2. The topological polar surface area (TPSA) is 125 Å². The van der Waals surface area contributed by atoms with Gasteiger partial charge < -0.3 is 9.97 Å². The van der Waals surface area contributed by atoms with Crippen molar-refractivity contribution < 1.29 is 0 Å². The third kappa shape index (κ3) is 6.31. The first-order valence-corrected chi connectivity index (χ1v) is 20.7. The maximum absolute atomic E-state index is 4.94. The number of hydrogen-bond acceptors (Lipinski definition) is 8. The van der Waals surface area contributed by atoms with E-state index in [1.54, 1.807) is 0 Å². The van der Waals surface area contributed by atoms with Gasteiger partial charge in [0.15, 0.2) is 0 Å². The number of rotatable bonds is 6. The number of aryl methyl sites for hydroxylation is 4. The van der Waals surface area contributed by atoms with Crippen LogP contribution >= 0.6 is 0 Å². The second kappa shape index (κ2) is 13.8. The molecular weight excluding hydrogens is 721 g/mol. The van der Waals surface area contributed by atoms with Crippen molar-refractivity contribution >= 4 is 21.8 Å². The molecule has 12 nitrogen and oxygen atoms in total. The molecule has 2 spiro atoms. The Morgan fingerprint density at radius 2 is 1.02 bits per heavy atom. The van der Waals surface area contributed by atoms with E-state index in [1.165, 1.54) is 37.1 Å². The smallest absolute Gasteiger partial charge is 0.120 e. The van der Waals surface area contributed by atoms with Gasteiger partial charge in [0.2, 0.25) is 0 Å². The van der Waals surface area contributed by atoms with Crippen LogP contribution < -0.4 is 0 Å². The van der Waals surface area contributed by atoms with Crippen LogP contribution in [0.15, 0.2) is 97.6 Å². The Kier molecular flexibility index (Phi) is 8.40. The van der Waals surface area contributed by atoms with E-state index >= 15 is 0 Å². The van der Waals surface area contributed by atoms with Crippen molar-refractivity contribution in [2.75, 3.05) is 26.2 Å². The molecular formula is C46H48N12. The SMILES string of the molecule is Cc1c[nH]c(CN2CCC3(CCn4nc(-c5cnc6ccccc6c5)cc43)C2)n1.Cc1c[nH]c(CN2CCC3(CCn4nc(-c5cnc6ccccc6c5)cc43)C2)n1. The second-order valence-electron chi connectivity index (χ2n) is 17.1. The summed E-state index contributed by atoms with van der Waals surface area (Å²) < 4.78 is 4.45. The van der Waals surface area contributed by atoms with Crippen LogP contribution in [0.4, 0.5) is 0 Å². The molecule has 2 aromatic carbocycles. The third-order valence-electron chi connectivity index (χ3n) is 13.2. The van der Waals surface area contributed by atoms with Gasteiger partial charge in [-0.25, -0.2) is 9.97 Å². The van der Waals surface area contributed by atoms with Crippen LogP contribution in [0.3, 0.4) is 0 Å². The Labute approximate surface area is 337 Å². The van der Waals surface area contributed by atoms with Crippen molar-refractivity contribution in [2.45, 2.75) is 76.5 Å². The lowest BCUT2D eigenvalue weighted by Crippen LogP contribution is -2.29. The van der Waals surface area contributed by atoms with Crippen molar-refractivity contribution in [3.8, 4) is 22.5 Å².